The molecule has 0 aliphatic heterocycles. The number of aromatic hydroxyl groups is 5. The summed E-state index contributed by atoms with van der Waals surface area (Å²) in [6, 6.07) is 64.7. The van der Waals surface area contributed by atoms with Gasteiger partial charge in [0.1, 0.15) is 13.1 Å². The van der Waals surface area contributed by atoms with Gasteiger partial charge in [-0.3, -0.25) is 71.8 Å². The Morgan fingerprint density at radius 1 is 0.326 bits per heavy atom. The molecule has 0 bridgehead atoms. The minimum absolute atomic E-state index is 0.000854. The van der Waals surface area contributed by atoms with E-state index < -0.39 is 11.8 Å². The van der Waals surface area contributed by atoms with Crippen LogP contribution in [0.2, 0.25) is 0 Å². The van der Waals surface area contributed by atoms with E-state index in [1.807, 2.05) is 285 Å². The molecule has 0 aliphatic carbocycles. The zero-order chi connectivity index (χ0) is 100. The van der Waals surface area contributed by atoms with Gasteiger partial charge < -0.3 is 52.1 Å². The van der Waals surface area contributed by atoms with Crippen molar-refractivity contribution in [1.29, 1.82) is 0 Å². The highest BCUT2D eigenvalue weighted by Crippen LogP contribution is 2.42. The number of hydrogen-bond acceptors (Lipinski definition) is 18. The number of fused-ring (bicyclic) bond motifs is 5. The molecule has 11 N–H and O–H groups in total. The molecular formula is C113H129N13O12. The van der Waals surface area contributed by atoms with Crippen molar-refractivity contribution in [1.82, 2.24) is 27.7 Å². The third-order valence-corrected chi connectivity index (χ3v) is 23.6. The van der Waals surface area contributed by atoms with Gasteiger partial charge in [0, 0.05) is 123 Å². The van der Waals surface area contributed by atoms with Crippen LogP contribution in [0.15, 0.2) is 219 Å². The molecule has 25 heteroatoms. The van der Waals surface area contributed by atoms with E-state index in [9.17, 15) is 49.5 Å². The second-order valence-corrected chi connectivity index (χ2v) is 36.1. The van der Waals surface area contributed by atoms with Crippen molar-refractivity contribution in [3.63, 3.8) is 0 Å². The third-order valence-electron chi connectivity index (χ3n) is 23.6. The summed E-state index contributed by atoms with van der Waals surface area (Å²) in [5, 5.41) is 77.7. The zero-order valence-corrected chi connectivity index (χ0v) is 82.7. The van der Waals surface area contributed by atoms with Gasteiger partial charge in [0.15, 0.2) is 17.3 Å². The highest BCUT2D eigenvalue weighted by Gasteiger charge is 2.27. The molecular weight excluding hydrogens is 1730 g/mol. The smallest absolute Gasteiger partial charge is 0.239 e. The number of nitrogens with zero attached hydrogens (tertiary/aromatic N) is 11. The average Bonchev–Trinajstić information content (AvgIpc) is 1.69. The molecule has 5 aromatic heterocycles. The van der Waals surface area contributed by atoms with Crippen LogP contribution < -0.4 is 11.5 Å². The fourth-order valence-corrected chi connectivity index (χ4v) is 17.4. The van der Waals surface area contributed by atoms with Crippen LogP contribution in [0, 0.1) is 90.0 Å². The number of aromatic nitrogens is 5. The van der Waals surface area contributed by atoms with Crippen molar-refractivity contribution in [3.8, 4) is 57.8 Å². The Morgan fingerprint density at radius 3 is 0.913 bits per heavy atom. The number of para-hydroxylation sites is 1. The molecule has 15 rings (SSSR count). The minimum Gasteiger partial charge on any atom is -0.494 e. The molecule has 0 atom stereocenters. The summed E-state index contributed by atoms with van der Waals surface area (Å²) in [6.45, 7) is 34.6. The predicted molar refractivity (Wildman–Crippen MR) is 561 cm³/mol. The number of rotatable bonds is 30. The SMILES string of the molecule is CC(=NCC(=O)CCCO)c1c(O)n(-c2cc(C)cc(C)c2)c2cc(C)ccc12.CC(=NCC(=O)CCCO)c1c(O)n(-c2ccccc2)c2cc(C)ccc12.CC(=NCC(=O)CCN(C)C)c1c(O)n(-c2cc(C)cc(C)c2)c2cc(C)ccc12.CCC(=NCC(N)=O)c1c(O)n(-c2cc(C)cc(C)c2)c2cc(C)ccc12.Cc1cc(C)cc(-n2c(O)c(C=NCC(N)=O)c3ccc(C)cc32)c1. The van der Waals surface area contributed by atoms with E-state index in [0.29, 0.717) is 95.7 Å². The summed E-state index contributed by atoms with van der Waals surface area (Å²) in [7, 11) is 3.90. The van der Waals surface area contributed by atoms with Gasteiger partial charge >= 0.3 is 0 Å². The quantitative estimate of drug-likeness (QED) is 0.0189. The van der Waals surface area contributed by atoms with Gasteiger partial charge in [-0.05, 0) is 307 Å². The molecule has 0 unspecified atom stereocenters. The topological polar surface area (TPSA) is 369 Å². The van der Waals surface area contributed by atoms with Crippen LogP contribution in [0.4, 0.5) is 0 Å². The van der Waals surface area contributed by atoms with Crippen molar-refractivity contribution in [2.24, 2.45) is 36.4 Å². The molecule has 0 saturated carbocycles. The monoisotopic (exact) mass is 1860 g/mol. The van der Waals surface area contributed by atoms with Crippen LogP contribution in [0.25, 0.3) is 83.0 Å². The number of Topliss-reactive ketones (excluding diaryl/α,β-unsaturated/α-hetero) is 3. The number of aliphatic hydroxyl groups excluding tert-OH is 2. The fraction of sp³-hybridized carbons (Fsp3) is 0.292. The van der Waals surface area contributed by atoms with Crippen LogP contribution in [-0.4, -0.2) is 188 Å². The Morgan fingerprint density at radius 2 is 0.609 bits per heavy atom. The summed E-state index contributed by atoms with van der Waals surface area (Å²) < 4.78 is 9.21. The summed E-state index contributed by atoms with van der Waals surface area (Å²) in [4.78, 5) is 81.9. The van der Waals surface area contributed by atoms with Gasteiger partial charge in [-0.1, -0.05) is 110 Å². The molecule has 0 fully saturated rings. The second-order valence-electron chi connectivity index (χ2n) is 36.1. The number of benzene rings is 10. The Hall–Kier alpha value is -14.9. The van der Waals surface area contributed by atoms with Gasteiger partial charge in [-0.2, -0.15) is 0 Å². The number of hydrogen-bond donors (Lipinski definition) is 9. The maximum atomic E-state index is 12.2. The maximum absolute atomic E-state index is 12.2. The number of primary amides is 2. The summed E-state index contributed by atoms with van der Waals surface area (Å²) in [6.07, 6.45) is 4.08. The number of carbonyl (C=O) groups is 5. The first-order valence-corrected chi connectivity index (χ1v) is 46.4. The number of nitrogens with two attached hydrogens (primary N) is 2. The fourth-order valence-electron chi connectivity index (χ4n) is 17.4. The largest absolute Gasteiger partial charge is 0.494 e. The number of aryl methyl sites for hydroxylation is 13. The van der Waals surface area contributed by atoms with Crippen LogP contribution >= 0.6 is 0 Å². The van der Waals surface area contributed by atoms with Crippen LogP contribution in [0.1, 0.15) is 166 Å². The third kappa shape index (κ3) is 25.2. The summed E-state index contributed by atoms with van der Waals surface area (Å²) in [5.41, 5.74) is 39.7. The molecule has 5 heterocycles. The second kappa shape index (κ2) is 46.6. The van der Waals surface area contributed by atoms with E-state index in [1.165, 1.54) is 6.21 Å². The standard InChI is InChI=1S/C25H31N3O2.C24H28N2O3.C22H25N3O2.C22H24N2O3.C20H21N3O2/c1-16-7-8-22-23(14-16)28(20-12-17(2)11-18(3)13-20)25(30)24(22)19(4)26-15-21(29)9-10-27(5)6;1-15-7-8-21-22(13-15)26(19-11-16(2)10-17(3)12-19)24(29)23(21)18(4)25-14-20(28)6-5-9-27;1-5-18(24-12-20(23)26)21-17-7-6-13(2)11-19(17)25(22(21)27)16-9-14(3)8-15(4)10-16;1-15-10-11-19-20(13-15)24(17-7-4-3-5-8-17)22(27)21(19)16(2)23-14-18(26)9-6-12-25;1-12-4-5-16-17(10-22-11-19(21)24)20(25)23(18(16)9-12)15-7-13(2)6-14(3)8-15/h7-8,11-14,30H,9-10,15H2,1-6H3;7-8,10-13,27,29H,5-6,9,14H2,1-4H3;6-11,27H,5,12H2,1-4H3,(H2,23,26);3-5,7-8,10-11,13,25,27H,6,9,12,14H2,1-2H3;4-10,25H,11H2,1-3H3,(H2,21,24). The molecule has 0 radical (unpaired) electrons. The lowest BCUT2D eigenvalue weighted by Crippen LogP contribution is -2.18. The molecule has 10 aromatic carbocycles. The molecule has 2 amide bonds. The Balaban J connectivity index is 0.000000166. The molecule has 0 aliphatic rings. The Bertz CT molecular complexity index is 7170. The van der Waals surface area contributed by atoms with Crippen molar-refractivity contribution >= 4 is 113 Å². The van der Waals surface area contributed by atoms with Gasteiger partial charge in [0.2, 0.25) is 41.2 Å². The van der Waals surface area contributed by atoms with Crippen LogP contribution in [0.5, 0.6) is 29.4 Å². The minimum atomic E-state index is -0.510. The van der Waals surface area contributed by atoms with Crippen molar-refractivity contribution < 1.29 is 59.7 Å². The molecule has 25 nitrogen and oxygen atoms in total. The first-order valence-electron chi connectivity index (χ1n) is 46.4. The highest BCUT2D eigenvalue weighted by atomic mass is 16.3. The molecule has 0 saturated heterocycles. The lowest BCUT2D eigenvalue weighted by Gasteiger charge is -2.10. The van der Waals surface area contributed by atoms with Crippen LogP contribution in [0.3, 0.4) is 0 Å². The number of aliphatic imine (C=N–C) groups is 5. The molecule has 718 valence electrons. The van der Waals surface area contributed by atoms with E-state index in [-0.39, 0.29) is 92.7 Å². The molecule has 138 heavy (non-hydrogen) atoms. The predicted octanol–water partition coefficient (Wildman–Crippen LogP) is 19.9. The molecule has 0 spiro atoms. The summed E-state index contributed by atoms with van der Waals surface area (Å²) in [5.74, 6) is -0.328. The van der Waals surface area contributed by atoms with Gasteiger partial charge in [0.25, 0.3) is 0 Å². The van der Waals surface area contributed by atoms with E-state index in [0.717, 1.165) is 155 Å². The van der Waals surface area contributed by atoms with Gasteiger partial charge in [-0.25, -0.2) is 0 Å². The highest BCUT2D eigenvalue weighted by molar-refractivity contribution is 6.17. The summed E-state index contributed by atoms with van der Waals surface area (Å²) >= 11 is 0. The number of amides is 2. The number of ketones is 3. The van der Waals surface area contributed by atoms with E-state index in [4.69, 9.17) is 21.7 Å². The first-order chi connectivity index (χ1) is 65.7. The Labute approximate surface area is 806 Å². The number of aliphatic hydroxyl groups is 2. The van der Waals surface area contributed by atoms with Crippen LogP contribution in [-0.2, 0) is 24.0 Å². The average molecular weight is 1860 g/mol. The van der Waals surface area contributed by atoms with Crippen molar-refractivity contribution in [2.45, 2.75) is 156 Å². The lowest BCUT2D eigenvalue weighted by molar-refractivity contribution is -0.118. The lowest BCUT2D eigenvalue weighted by atomic mass is 10.0. The molecule has 15 aromatic rings. The Kier molecular flexibility index (Phi) is 34.9. The van der Waals surface area contributed by atoms with Gasteiger partial charge in [0.05, 0.1) is 75.0 Å². The zero-order valence-electron chi connectivity index (χ0n) is 82.7. The first kappa shape index (κ1) is 104. The number of carbonyl (C=O) groups excluding carboxylic acids is 5. The normalized spacial score (nSPS) is 11.9. The van der Waals surface area contributed by atoms with Crippen molar-refractivity contribution in [3.05, 3.63) is 294 Å². The van der Waals surface area contributed by atoms with E-state index >= 15 is 0 Å². The van der Waals surface area contributed by atoms with E-state index in [1.54, 1.807) is 0 Å². The van der Waals surface area contributed by atoms with Gasteiger partial charge in [-0.15, -0.1) is 0 Å². The van der Waals surface area contributed by atoms with Crippen molar-refractivity contribution in [2.75, 3.05) is 66.6 Å². The van der Waals surface area contributed by atoms with E-state index in [2.05, 4.69) is 93.4 Å². The maximum Gasteiger partial charge on any atom is 0.239 e.